The summed E-state index contributed by atoms with van der Waals surface area (Å²) in [7, 11) is 0. The van der Waals surface area contributed by atoms with Crippen LogP contribution in [0.4, 0.5) is 23.7 Å². The monoisotopic (exact) mass is 518 g/mol. The van der Waals surface area contributed by atoms with E-state index < -0.39 is 23.6 Å². The Kier molecular flexibility index (Phi) is 9.34. The van der Waals surface area contributed by atoms with Crippen molar-refractivity contribution in [2.45, 2.75) is 52.1 Å². The van der Waals surface area contributed by atoms with Crippen molar-refractivity contribution in [1.82, 2.24) is 5.32 Å². The zero-order chi connectivity index (χ0) is 20.9. The molecule has 4 N–H and O–H groups in total. The lowest BCUT2D eigenvalue weighted by Gasteiger charge is -2.27. The van der Waals surface area contributed by atoms with E-state index in [1.807, 2.05) is 0 Å². The van der Waals surface area contributed by atoms with Gasteiger partial charge in [0, 0.05) is 5.69 Å². The van der Waals surface area contributed by atoms with Crippen LogP contribution in [0.15, 0.2) is 29.3 Å². The molecular weight excluding hydrogens is 492 g/mol. The minimum absolute atomic E-state index is 0. The zero-order valence-electron chi connectivity index (χ0n) is 16.3. The number of nitrogens with zero attached hydrogens (tertiary/aromatic N) is 1. The number of guanidine groups is 1. The fraction of sp³-hybridized carbons (Fsp3) is 0.529. The molecule has 0 saturated heterocycles. The van der Waals surface area contributed by atoms with Gasteiger partial charge < -0.3 is 25.8 Å². The predicted molar refractivity (Wildman–Crippen MR) is 112 cm³/mol. The van der Waals surface area contributed by atoms with Crippen LogP contribution in [0.1, 0.15) is 34.6 Å². The van der Waals surface area contributed by atoms with Gasteiger partial charge in [0.15, 0.2) is 5.96 Å². The first-order valence-corrected chi connectivity index (χ1v) is 8.09. The van der Waals surface area contributed by atoms with Crippen LogP contribution in [-0.4, -0.2) is 36.1 Å². The van der Waals surface area contributed by atoms with Crippen molar-refractivity contribution >= 4 is 41.7 Å². The van der Waals surface area contributed by atoms with Gasteiger partial charge in [-0.1, -0.05) is 0 Å². The van der Waals surface area contributed by atoms with Gasteiger partial charge in [0.2, 0.25) is 0 Å². The summed E-state index contributed by atoms with van der Waals surface area (Å²) in [6.07, 6.45) is -5.32. The Morgan fingerprint density at radius 1 is 1.11 bits per heavy atom. The number of aliphatic imine (C=N–C) groups is 1. The molecule has 1 aromatic carbocycles. The van der Waals surface area contributed by atoms with Crippen LogP contribution in [-0.2, 0) is 4.74 Å². The normalized spacial score (nSPS) is 12.6. The van der Waals surface area contributed by atoms with Gasteiger partial charge in [0.25, 0.3) is 0 Å². The summed E-state index contributed by atoms with van der Waals surface area (Å²) in [4.78, 5) is 15.9. The second kappa shape index (κ2) is 10.0. The van der Waals surface area contributed by atoms with E-state index in [1.54, 1.807) is 34.6 Å². The molecule has 0 radical (unpaired) electrons. The smallest absolute Gasteiger partial charge is 0.444 e. The number of nitrogens with two attached hydrogens (primary N) is 1. The minimum atomic E-state index is -4.75. The summed E-state index contributed by atoms with van der Waals surface area (Å²) in [6, 6.07) is 5.04. The number of anilines is 1. The van der Waals surface area contributed by atoms with Gasteiger partial charge in [0.1, 0.15) is 11.4 Å². The molecule has 1 amide bonds. The summed E-state index contributed by atoms with van der Waals surface area (Å²) >= 11 is 0. The van der Waals surface area contributed by atoms with Crippen molar-refractivity contribution in [3.63, 3.8) is 0 Å². The molecule has 0 atom stereocenters. The maximum atomic E-state index is 12.1. The van der Waals surface area contributed by atoms with Crippen LogP contribution in [0.2, 0.25) is 0 Å². The standard InChI is InChI=1S/C17H25F3N4O3.HI/c1-15(2,3)27-14(25)24-16(4,5)10-22-13(21)23-11-6-8-12(9-7-11)26-17(18,19)20;/h6-9H,10H2,1-5H3,(H,24,25)(H3,21,22,23);1H. The molecule has 160 valence electrons. The van der Waals surface area contributed by atoms with Crippen molar-refractivity contribution in [2.75, 3.05) is 11.9 Å². The highest BCUT2D eigenvalue weighted by atomic mass is 127. The van der Waals surface area contributed by atoms with Crippen molar-refractivity contribution in [2.24, 2.45) is 10.7 Å². The second-order valence-corrected chi connectivity index (χ2v) is 7.41. The lowest BCUT2D eigenvalue weighted by atomic mass is 10.1. The van der Waals surface area contributed by atoms with Gasteiger partial charge in [0.05, 0.1) is 12.1 Å². The van der Waals surface area contributed by atoms with Gasteiger partial charge in [-0.05, 0) is 58.9 Å². The number of hydrogen-bond acceptors (Lipinski definition) is 4. The highest BCUT2D eigenvalue weighted by Gasteiger charge is 2.31. The Hall–Kier alpha value is -1.92. The first-order chi connectivity index (χ1) is 12.2. The number of halogens is 4. The summed E-state index contributed by atoms with van der Waals surface area (Å²) in [5, 5.41) is 5.43. The molecule has 7 nitrogen and oxygen atoms in total. The number of hydrogen-bond donors (Lipinski definition) is 3. The van der Waals surface area contributed by atoms with Crippen molar-refractivity contribution in [3.05, 3.63) is 24.3 Å². The number of carbonyl (C=O) groups excluding carboxylic acids is 1. The van der Waals surface area contributed by atoms with Crippen LogP contribution in [0.5, 0.6) is 5.75 Å². The summed E-state index contributed by atoms with van der Waals surface area (Å²) < 4.78 is 45.4. The number of alkyl halides is 3. The molecule has 1 aromatic rings. The molecule has 0 heterocycles. The zero-order valence-corrected chi connectivity index (χ0v) is 18.6. The highest BCUT2D eigenvalue weighted by molar-refractivity contribution is 14.0. The van der Waals surface area contributed by atoms with Gasteiger partial charge in [-0.3, -0.25) is 4.99 Å². The number of benzene rings is 1. The number of amides is 1. The van der Waals surface area contributed by atoms with E-state index in [2.05, 4.69) is 20.4 Å². The molecule has 0 unspecified atom stereocenters. The molecule has 1 rings (SSSR count). The minimum Gasteiger partial charge on any atom is -0.444 e. The fourth-order valence-electron chi connectivity index (χ4n) is 1.83. The van der Waals surface area contributed by atoms with Crippen molar-refractivity contribution < 1.29 is 27.4 Å². The summed E-state index contributed by atoms with van der Waals surface area (Å²) in [5.74, 6) is -0.301. The van der Waals surface area contributed by atoms with Gasteiger partial charge in [-0.2, -0.15) is 0 Å². The topological polar surface area (TPSA) is 98.0 Å². The van der Waals surface area contributed by atoms with E-state index in [9.17, 15) is 18.0 Å². The first kappa shape index (κ1) is 26.1. The molecule has 0 fully saturated rings. The van der Waals surface area contributed by atoms with Gasteiger partial charge >= 0.3 is 12.5 Å². The Morgan fingerprint density at radius 2 is 1.64 bits per heavy atom. The van der Waals surface area contributed by atoms with Gasteiger partial charge in [-0.25, -0.2) is 4.79 Å². The third-order valence-electron chi connectivity index (χ3n) is 2.84. The Morgan fingerprint density at radius 3 is 2.11 bits per heavy atom. The predicted octanol–water partition coefficient (Wildman–Crippen LogP) is 4.23. The van der Waals surface area contributed by atoms with Crippen LogP contribution in [0, 0.1) is 0 Å². The van der Waals surface area contributed by atoms with Crippen LogP contribution >= 0.6 is 24.0 Å². The maximum Gasteiger partial charge on any atom is 0.573 e. The van der Waals surface area contributed by atoms with Crippen molar-refractivity contribution in [1.29, 1.82) is 0 Å². The van der Waals surface area contributed by atoms with E-state index in [-0.39, 0.29) is 42.2 Å². The van der Waals surface area contributed by atoms with Crippen LogP contribution in [0.3, 0.4) is 0 Å². The Labute approximate surface area is 179 Å². The number of alkyl carbamates (subject to hydrolysis) is 1. The van der Waals surface area contributed by atoms with Crippen LogP contribution < -0.4 is 21.1 Å². The SMILES string of the molecule is CC(C)(CN=C(N)Nc1ccc(OC(F)(F)F)cc1)NC(=O)OC(C)(C)C.I. The molecule has 0 bridgehead atoms. The molecule has 0 spiro atoms. The molecule has 0 aromatic heterocycles. The molecule has 11 heteroatoms. The molecule has 0 aliphatic heterocycles. The van der Waals surface area contributed by atoms with E-state index in [1.165, 1.54) is 12.1 Å². The largest absolute Gasteiger partial charge is 0.573 e. The van der Waals surface area contributed by atoms with Crippen LogP contribution in [0.25, 0.3) is 0 Å². The van der Waals surface area contributed by atoms with E-state index in [0.29, 0.717) is 5.69 Å². The average Bonchev–Trinajstić information content (AvgIpc) is 2.43. The van der Waals surface area contributed by atoms with E-state index in [4.69, 9.17) is 10.5 Å². The number of carbonyl (C=O) groups is 1. The highest BCUT2D eigenvalue weighted by Crippen LogP contribution is 2.23. The first-order valence-electron chi connectivity index (χ1n) is 8.09. The second-order valence-electron chi connectivity index (χ2n) is 7.41. The summed E-state index contributed by atoms with van der Waals surface area (Å²) in [5.41, 5.74) is 4.86. The Balaban J connectivity index is 0.00000729. The van der Waals surface area contributed by atoms with Gasteiger partial charge in [-0.15, -0.1) is 37.1 Å². The van der Waals surface area contributed by atoms with Crippen molar-refractivity contribution in [3.8, 4) is 5.75 Å². The molecule has 0 aliphatic carbocycles. The molecule has 0 saturated carbocycles. The number of rotatable bonds is 5. The third kappa shape index (κ3) is 11.7. The molecular formula is C17H26F3IN4O3. The number of nitrogens with one attached hydrogen (secondary N) is 2. The fourth-order valence-corrected chi connectivity index (χ4v) is 1.83. The lowest BCUT2D eigenvalue weighted by molar-refractivity contribution is -0.274. The average molecular weight is 518 g/mol. The Bertz CT molecular complexity index is 672. The molecule has 0 aliphatic rings. The molecule has 28 heavy (non-hydrogen) atoms. The number of ether oxygens (including phenoxy) is 2. The lowest BCUT2D eigenvalue weighted by Crippen LogP contribution is -2.48. The quantitative estimate of drug-likeness (QED) is 0.308. The third-order valence-corrected chi connectivity index (χ3v) is 2.84. The van der Waals surface area contributed by atoms with E-state index in [0.717, 1.165) is 12.1 Å². The maximum absolute atomic E-state index is 12.1. The summed E-state index contributed by atoms with van der Waals surface area (Å²) in [6.45, 7) is 8.91. The van der Waals surface area contributed by atoms with E-state index >= 15 is 0 Å².